The van der Waals surface area contributed by atoms with Crippen LogP contribution in [0.4, 0.5) is 10.2 Å². The van der Waals surface area contributed by atoms with E-state index in [1.165, 1.54) is 12.4 Å². The average molecular weight is 332 g/mol. The smallest absolute Gasteiger partial charge is 0.191 e. The predicted molar refractivity (Wildman–Crippen MR) is 89.2 cm³/mol. The van der Waals surface area contributed by atoms with Gasteiger partial charge in [-0.25, -0.2) is 14.4 Å². The molecule has 128 valence electrons. The van der Waals surface area contributed by atoms with E-state index in [1.54, 1.807) is 24.0 Å². The lowest BCUT2D eigenvalue weighted by Crippen LogP contribution is -2.44. The zero-order valence-electron chi connectivity index (χ0n) is 13.8. The molecule has 8 nitrogen and oxygen atoms in total. The summed E-state index contributed by atoms with van der Waals surface area (Å²) >= 11 is 0. The van der Waals surface area contributed by atoms with Gasteiger partial charge in [-0.15, -0.1) is 0 Å². The molecular weight excluding hydrogens is 311 g/mol. The van der Waals surface area contributed by atoms with Crippen molar-refractivity contribution in [3.63, 3.8) is 0 Å². The summed E-state index contributed by atoms with van der Waals surface area (Å²) < 4.78 is 15.5. The van der Waals surface area contributed by atoms with Gasteiger partial charge in [0.05, 0.1) is 6.54 Å². The first-order valence-electron chi connectivity index (χ1n) is 7.83. The number of hydrogen-bond acceptors (Lipinski definition) is 5. The molecule has 0 bridgehead atoms. The normalized spacial score (nSPS) is 18.0. The molecule has 0 radical (unpaired) electrons. The van der Waals surface area contributed by atoms with Gasteiger partial charge in [0.2, 0.25) is 0 Å². The van der Waals surface area contributed by atoms with Gasteiger partial charge < -0.3 is 15.5 Å². The van der Waals surface area contributed by atoms with Crippen molar-refractivity contribution in [2.45, 2.75) is 19.0 Å². The molecule has 0 spiro atoms. The van der Waals surface area contributed by atoms with Crippen LogP contribution in [0.15, 0.2) is 29.6 Å². The SMILES string of the molecule is CN=C(NCc1ncnn1C)NC1CCN(c2ncccc2F)C1. The zero-order chi connectivity index (χ0) is 16.9. The van der Waals surface area contributed by atoms with E-state index >= 15 is 0 Å². The number of anilines is 1. The third-order valence-electron chi connectivity index (χ3n) is 4.01. The predicted octanol–water partition coefficient (Wildman–Crippen LogP) is 0.293. The Kier molecular flexibility index (Phi) is 4.88. The Morgan fingerprint density at radius 1 is 1.46 bits per heavy atom. The molecule has 1 atom stereocenters. The Morgan fingerprint density at radius 3 is 3.04 bits per heavy atom. The van der Waals surface area contributed by atoms with Gasteiger partial charge in [0.15, 0.2) is 17.6 Å². The van der Waals surface area contributed by atoms with Crippen molar-refractivity contribution in [1.29, 1.82) is 0 Å². The van der Waals surface area contributed by atoms with Crippen LogP contribution in [0, 0.1) is 5.82 Å². The van der Waals surface area contributed by atoms with Crippen molar-refractivity contribution in [2.24, 2.45) is 12.0 Å². The lowest BCUT2D eigenvalue weighted by atomic mass is 10.3. The van der Waals surface area contributed by atoms with Crippen LogP contribution >= 0.6 is 0 Å². The molecule has 3 rings (SSSR count). The molecule has 0 amide bonds. The largest absolute Gasteiger partial charge is 0.352 e. The van der Waals surface area contributed by atoms with Gasteiger partial charge >= 0.3 is 0 Å². The molecule has 1 saturated heterocycles. The van der Waals surface area contributed by atoms with Crippen molar-refractivity contribution in [2.75, 3.05) is 25.0 Å². The fraction of sp³-hybridized carbons (Fsp3) is 0.467. The Hall–Kier alpha value is -2.71. The molecule has 0 aliphatic carbocycles. The molecule has 2 N–H and O–H groups in total. The van der Waals surface area contributed by atoms with E-state index in [1.807, 2.05) is 11.9 Å². The van der Waals surface area contributed by atoms with Crippen molar-refractivity contribution in [3.8, 4) is 0 Å². The first kappa shape index (κ1) is 16.2. The average Bonchev–Trinajstić information content (AvgIpc) is 3.21. The number of guanidine groups is 1. The Bertz CT molecular complexity index is 713. The van der Waals surface area contributed by atoms with E-state index in [9.17, 15) is 4.39 Å². The Morgan fingerprint density at radius 2 is 2.33 bits per heavy atom. The summed E-state index contributed by atoms with van der Waals surface area (Å²) in [6, 6.07) is 3.21. The molecule has 1 fully saturated rings. The molecule has 1 aliphatic rings. The Labute approximate surface area is 139 Å². The first-order valence-corrected chi connectivity index (χ1v) is 7.83. The second-order valence-corrected chi connectivity index (χ2v) is 5.61. The molecule has 1 aliphatic heterocycles. The van der Waals surface area contributed by atoms with Gasteiger partial charge in [0.25, 0.3) is 0 Å². The highest BCUT2D eigenvalue weighted by molar-refractivity contribution is 5.80. The summed E-state index contributed by atoms with van der Waals surface area (Å²) in [6.45, 7) is 1.96. The second kappa shape index (κ2) is 7.24. The van der Waals surface area contributed by atoms with Crippen molar-refractivity contribution >= 4 is 11.8 Å². The highest BCUT2D eigenvalue weighted by Crippen LogP contribution is 2.20. The van der Waals surface area contributed by atoms with Crippen LogP contribution in [0.25, 0.3) is 0 Å². The topological polar surface area (TPSA) is 83.3 Å². The maximum absolute atomic E-state index is 13.8. The van der Waals surface area contributed by atoms with Gasteiger partial charge in [-0.2, -0.15) is 5.10 Å². The maximum Gasteiger partial charge on any atom is 0.191 e. The maximum atomic E-state index is 13.8. The number of halogens is 1. The molecule has 1 unspecified atom stereocenters. The summed E-state index contributed by atoms with van der Waals surface area (Å²) in [5.74, 6) is 1.62. The number of nitrogens with zero attached hydrogens (tertiary/aromatic N) is 6. The number of aryl methyl sites for hydroxylation is 1. The quantitative estimate of drug-likeness (QED) is 0.619. The molecule has 2 aromatic rings. The molecule has 24 heavy (non-hydrogen) atoms. The lowest BCUT2D eigenvalue weighted by molar-refractivity contribution is 0.611. The Balaban J connectivity index is 1.54. The van der Waals surface area contributed by atoms with E-state index in [0.717, 1.165) is 18.8 Å². The van der Waals surface area contributed by atoms with Crippen molar-refractivity contribution < 1.29 is 4.39 Å². The van der Waals surface area contributed by atoms with Gasteiger partial charge in [0, 0.05) is 39.4 Å². The number of rotatable bonds is 4. The standard InChI is InChI=1S/C15H21FN8/c1-17-15(19-8-13-20-10-21-23(13)2)22-11-5-7-24(9-11)14-12(16)4-3-6-18-14/h3-4,6,10-11H,5,7-9H2,1-2H3,(H2,17,19,22). The highest BCUT2D eigenvalue weighted by atomic mass is 19.1. The number of aromatic nitrogens is 4. The van der Waals surface area contributed by atoms with E-state index in [0.29, 0.717) is 24.9 Å². The van der Waals surface area contributed by atoms with Crippen LogP contribution in [0.1, 0.15) is 12.2 Å². The van der Waals surface area contributed by atoms with E-state index in [4.69, 9.17) is 0 Å². The minimum atomic E-state index is -0.289. The number of hydrogen-bond donors (Lipinski definition) is 2. The molecule has 0 aromatic carbocycles. The highest BCUT2D eigenvalue weighted by Gasteiger charge is 2.25. The van der Waals surface area contributed by atoms with E-state index < -0.39 is 0 Å². The van der Waals surface area contributed by atoms with Crippen molar-refractivity contribution in [3.05, 3.63) is 36.3 Å². The van der Waals surface area contributed by atoms with Gasteiger partial charge in [0.1, 0.15) is 12.2 Å². The zero-order valence-corrected chi connectivity index (χ0v) is 13.8. The third kappa shape index (κ3) is 3.61. The minimum Gasteiger partial charge on any atom is -0.352 e. The summed E-state index contributed by atoms with van der Waals surface area (Å²) in [5, 5.41) is 10.6. The lowest BCUT2D eigenvalue weighted by Gasteiger charge is -2.19. The van der Waals surface area contributed by atoms with Crippen LogP contribution in [0.2, 0.25) is 0 Å². The molecule has 9 heteroatoms. The molecule has 2 aromatic heterocycles. The summed E-state index contributed by atoms with van der Waals surface area (Å²) in [5.41, 5.74) is 0. The van der Waals surface area contributed by atoms with E-state index in [-0.39, 0.29) is 11.9 Å². The van der Waals surface area contributed by atoms with Gasteiger partial charge in [-0.05, 0) is 18.6 Å². The van der Waals surface area contributed by atoms with Gasteiger partial charge in [-0.3, -0.25) is 9.67 Å². The fourth-order valence-electron chi connectivity index (χ4n) is 2.71. The van der Waals surface area contributed by atoms with Crippen LogP contribution < -0.4 is 15.5 Å². The summed E-state index contributed by atoms with van der Waals surface area (Å²) in [4.78, 5) is 14.5. The molecule has 3 heterocycles. The molecule has 0 saturated carbocycles. The van der Waals surface area contributed by atoms with Crippen LogP contribution in [0.5, 0.6) is 0 Å². The fourth-order valence-corrected chi connectivity index (χ4v) is 2.71. The number of pyridine rings is 1. The summed E-state index contributed by atoms with van der Waals surface area (Å²) in [7, 11) is 3.56. The summed E-state index contributed by atoms with van der Waals surface area (Å²) in [6.07, 6.45) is 4.02. The van der Waals surface area contributed by atoms with Crippen molar-refractivity contribution in [1.82, 2.24) is 30.4 Å². The number of aliphatic imine (C=N–C) groups is 1. The van der Waals surface area contributed by atoms with Gasteiger partial charge in [-0.1, -0.05) is 0 Å². The van der Waals surface area contributed by atoms with Crippen LogP contribution in [0.3, 0.4) is 0 Å². The first-order chi connectivity index (χ1) is 11.7. The third-order valence-corrected chi connectivity index (χ3v) is 4.01. The van der Waals surface area contributed by atoms with E-state index in [2.05, 4.69) is 30.7 Å². The number of nitrogens with one attached hydrogen (secondary N) is 2. The minimum absolute atomic E-state index is 0.178. The van der Waals surface area contributed by atoms with Crippen LogP contribution in [-0.4, -0.2) is 51.9 Å². The molecular formula is C15H21FN8. The monoisotopic (exact) mass is 332 g/mol. The van der Waals surface area contributed by atoms with Crippen LogP contribution in [-0.2, 0) is 13.6 Å². The second-order valence-electron chi connectivity index (χ2n) is 5.61.